The van der Waals surface area contributed by atoms with Gasteiger partial charge in [0, 0.05) is 16.6 Å². The summed E-state index contributed by atoms with van der Waals surface area (Å²) in [5.41, 5.74) is -0.302. The van der Waals surface area contributed by atoms with Gasteiger partial charge in [-0.2, -0.15) is 0 Å². The Balaban J connectivity index is 2.43. The molecule has 1 rings (SSSR count). The van der Waals surface area contributed by atoms with E-state index in [9.17, 15) is 9.59 Å². The average molecular weight is 385 g/mol. The van der Waals surface area contributed by atoms with Gasteiger partial charge in [0.05, 0.1) is 19.6 Å². The molecule has 0 atom stereocenters. The van der Waals surface area contributed by atoms with Crippen molar-refractivity contribution in [3.63, 3.8) is 0 Å². The lowest BCUT2D eigenvalue weighted by molar-refractivity contribution is -0.136. The average Bonchev–Trinajstić information content (AvgIpc) is 2.42. The van der Waals surface area contributed by atoms with Crippen LogP contribution in [0.2, 0.25) is 0 Å². The van der Waals surface area contributed by atoms with Gasteiger partial charge in [-0.05, 0) is 45.9 Å². The normalized spacial score (nSPS) is 11.0. The Labute approximate surface area is 146 Å². The Bertz CT molecular complexity index is 541. The van der Waals surface area contributed by atoms with Crippen LogP contribution in [0, 0.1) is 0 Å². The van der Waals surface area contributed by atoms with E-state index in [0.29, 0.717) is 12.3 Å². The molecule has 0 unspecified atom stereocenters. The molecule has 128 valence electrons. The Morgan fingerprint density at radius 2 is 2.00 bits per heavy atom. The number of benzene rings is 1. The molecule has 0 fully saturated rings. The minimum absolute atomic E-state index is 0.0729. The predicted octanol–water partition coefficient (Wildman–Crippen LogP) is 2.98. The fraction of sp³-hybridized carbons (Fsp3) is 0.529. The topological polar surface area (TPSA) is 58.6 Å². The summed E-state index contributed by atoms with van der Waals surface area (Å²) in [6.45, 7) is 8.44. The molecule has 1 aromatic rings. The number of amides is 2. The van der Waals surface area contributed by atoms with E-state index in [0.717, 1.165) is 4.47 Å². The van der Waals surface area contributed by atoms with Gasteiger partial charge in [-0.15, -0.1) is 0 Å². The van der Waals surface area contributed by atoms with Crippen molar-refractivity contribution in [3.8, 4) is 5.75 Å². The molecule has 0 saturated heterocycles. The lowest BCUT2D eigenvalue weighted by Crippen LogP contribution is -2.47. The van der Waals surface area contributed by atoms with Gasteiger partial charge in [0.15, 0.2) is 0 Å². The summed E-state index contributed by atoms with van der Waals surface area (Å²) in [6.07, 6.45) is 0.239. The van der Waals surface area contributed by atoms with Crippen molar-refractivity contribution in [1.29, 1.82) is 0 Å². The van der Waals surface area contributed by atoms with E-state index in [4.69, 9.17) is 4.74 Å². The third-order valence-electron chi connectivity index (χ3n) is 2.96. The quantitative estimate of drug-likeness (QED) is 0.785. The molecular weight excluding hydrogens is 360 g/mol. The lowest BCUT2D eigenvalue weighted by atomic mass is 10.1. The molecule has 5 nitrogen and oxygen atoms in total. The SMILES string of the molecule is CCN(CC(=O)NC(C)(C)C)C(=O)CCOc1cccc(Br)c1. The second-order valence-electron chi connectivity index (χ2n) is 6.26. The van der Waals surface area contributed by atoms with Crippen molar-refractivity contribution in [2.75, 3.05) is 19.7 Å². The van der Waals surface area contributed by atoms with Gasteiger partial charge < -0.3 is 15.0 Å². The van der Waals surface area contributed by atoms with Gasteiger partial charge in [0.2, 0.25) is 11.8 Å². The van der Waals surface area contributed by atoms with Crippen LogP contribution in [0.1, 0.15) is 34.1 Å². The first-order valence-corrected chi connectivity index (χ1v) is 8.47. The number of rotatable bonds is 7. The number of carbonyl (C=O) groups is 2. The highest BCUT2D eigenvalue weighted by molar-refractivity contribution is 9.10. The molecule has 0 bridgehead atoms. The summed E-state index contributed by atoms with van der Waals surface area (Å²) in [6, 6.07) is 7.46. The van der Waals surface area contributed by atoms with E-state index in [1.807, 2.05) is 52.0 Å². The van der Waals surface area contributed by atoms with Crippen molar-refractivity contribution < 1.29 is 14.3 Å². The zero-order chi connectivity index (χ0) is 17.5. The molecule has 0 spiro atoms. The van der Waals surface area contributed by atoms with E-state index < -0.39 is 0 Å². The first-order valence-electron chi connectivity index (χ1n) is 7.68. The molecule has 0 aliphatic carbocycles. The third-order valence-corrected chi connectivity index (χ3v) is 3.46. The second kappa shape index (κ2) is 8.91. The molecule has 0 aliphatic heterocycles. The molecule has 0 saturated carbocycles. The fourth-order valence-electron chi connectivity index (χ4n) is 1.98. The summed E-state index contributed by atoms with van der Waals surface area (Å²) < 4.78 is 6.49. The summed E-state index contributed by atoms with van der Waals surface area (Å²) in [5.74, 6) is 0.466. The van der Waals surface area contributed by atoms with Crippen LogP contribution < -0.4 is 10.1 Å². The van der Waals surface area contributed by atoms with Gasteiger partial charge in [-0.3, -0.25) is 9.59 Å². The van der Waals surface area contributed by atoms with E-state index in [1.165, 1.54) is 4.90 Å². The molecule has 0 radical (unpaired) electrons. The maximum atomic E-state index is 12.2. The number of hydrogen-bond donors (Lipinski definition) is 1. The molecule has 6 heteroatoms. The van der Waals surface area contributed by atoms with Gasteiger partial charge in [0.1, 0.15) is 5.75 Å². The van der Waals surface area contributed by atoms with Crippen LogP contribution >= 0.6 is 15.9 Å². The minimum atomic E-state index is -0.302. The molecule has 1 aromatic carbocycles. The third kappa shape index (κ3) is 8.02. The van der Waals surface area contributed by atoms with Crippen molar-refractivity contribution in [3.05, 3.63) is 28.7 Å². The number of carbonyl (C=O) groups excluding carboxylic acids is 2. The Morgan fingerprint density at radius 1 is 1.30 bits per heavy atom. The molecule has 0 aromatic heterocycles. The smallest absolute Gasteiger partial charge is 0.240 e. The monoisotopic (exact) mass is 384 g/mol. The highest BCUT2D eigenvalue weighted by atomic mass is 79.9. The Hall–Kier alpha value is -1.56. The summed E-state index contributed by atoms with van der Waals surface area (Å²) in [7, 11) is 0. The Kier molecular flexibility index (Phi) is 7.55. The van der Waals surface area contributed by atoms with Crippen LogP contribution in [0.4, 0.5) is 0 Å². The lowest BCUT2D eigenvalue weighted by Gasteiger charge is -2.25. The number of nitrogens with one attached hydrogen (secondary N) is 1. The molecule has 1 N–H and O–H groups in total. The van der Waals surface area contributed by atoms with Crippen LogP contribution in [-0.4, -0.2) is 41.9 Å². The molecule has 2 amide bonds. The number of halogens is 1. The maximum absolute atomic E-state index is 12.2. The largest absolute Gasteiger partial charge is 0.493 e. The number of ether oxygens (including phenoxy) is 1. The number of likely N-dealkylation sites (N-methyl/N-ethyl adjacent to an activating group) is 1. The highest BCUT2D eigenvalue weighted by Gasteiger charge is 2.19. The standard InChI is InChI=1S/C17H25BrN2O3/c1-5-20(12-15(21)19-17(2,3)4)16(22)9-10-23-14-8-6-7-13(18)11-14/h6-8,11H,5,9-10,12H2,1-4H3,(H,19,21). The van der Waals surface area contributed by atoms with Gasteiger partial charge in [-0.1, -0.05) is 22.0 Å². The zero-order valence-electron chi connectivity index (χ0n) is 14.2. The summed E-state index contributed by atoms with van der Waals surface area (Å²) >= 11 is 3.37. The van der Waals surface area contributed by atoms with Crippen LogP contribution in [0.3, 0.4) is 0 Å². The van der Waals surface area contributed by atoms with Crippen LogP contribution in [0.15, 0.2) is 28.7 Å². The van der Waals surface area contributed by atoms with E-state index in [1.54, 1.807) is 0 Å². The Morgan fingerprint density at radius 3 is 2.57 bits per heavy atom. The van der Waals surface area contributed by atoms with Crippen molar-refractivity contribution in [2.24, 2.45) is 0 Å². The van der Waals surface area contributed by atoms with E-state index in [-0.39, 0.29) is 36.9 Å². The van der Waals surface area contributed by atoms with Crippen molar-refractivity contribution in [2.45, 2.75) is 39.7 Å². The van der Waals surface area contributed by atoms with Crippen LogP contribution in [-0.2, 0) is 9.59 Å². The van der Waals surface area contributed by atoms with Gasteiger partial charge in [0.25, 0.3) is 0 Å². The van der Waals surface area contributed by atoms with Crippen LogP contribution in [0.25, 0.3) is 0 Å². The maximum Gasteiger partial charge on any atom is 0.240 e. The van der Waals surface area contributed by atoms with E-state index in [2.05, 4.69) is 21.2 Å². The van der Waals surface area contributed by atoms with Crippen molar-refractivity contribution in [1.82, 2.24) is 10.2 Å². The van der Waals surface area contributed by atoms with Crippen LogP contribution in [0.5, 0.6) is 5.75 Å². The second-order valence-corrected chi connectivity index (χ2v) is 7.18. The van der Waals surface area contributed by atoms with Gasteiger partial charge in [-0.25, -0.2) is 0 Å². The summed E-state index contributed by atoms with van der Waals surface area (Å²) in [4.78, 5) is 25.6. The first kappa shape index (κ1) is 19.5. The van der Waals surface area contributed by atoms with Crippen molar-refractivity contribution >= 4 is 27.7 Å². The molecule has 0 aliphatic rings. The zero-order valence-corrected chi connectivity index (χ0v) is 15.8. The highest BCUT2D eigenvalue weighted by Crippen LogP contribution is 2.17. The molecular formula is C17H25BrN2O3. The number of nitrogens with zero attached hydrogens (tertiary/aromatic N) is 1. The van der Waals surface area contributed by atoms with Gasteiger partial charge >= 0.3 is 0 Å². The molecule has 23 heavy (non-hydrogen) atoms. The first-order chi connectivity index (χ1) is 10.7. The molecule has 0 heterocycles. The minimum Gasteiger partial charge on any atom is -0.493 e. The van der Waals surface area contributed by atoms with E-state index >= 15 is 0 Å². The fourth-order valence-corrected chi connectivity index (χ4v) is 2.36. The summed E-state index contributed by atoms with van der Waals surface area (Å²) in [5, 5.41) is 2.86. The number of hydrogen-bond acceptors (Lipinski definition) is 3. The predicted molar refractivity (Wildman–Crippen MR) is 94.4 cm³/mol.